The summed E-state index contributed by atoms with van der Waals surface area (Å²) in [7, 11) is 6.61. The van der Waals surface area contributed by atoms with Crippen LogP contribution in [0.4, 0.5) is 16.2 Å². The van der Waals surface area contributed by atoms with Gasteiger partial charge in [0.15, 0.2) is 0 Å². The number of nitrogens with zero attached hydrogens (tertiary/aromatic N) is 4. The van der Waals surface area contributed by atoms with Crippen molar-refractivity contribution >= 4 is 28.3 Å². The largest absolute Gasteiger partial charge is 0.497 e. The fraction of sp³-hybridized carbons (Fsp3) is 0.333. The number of hydrogen-bond donors (Lipinski definition) is 0. The average Bonchev–Trinajstić information content (AvgIpc) is 2.86. The first-order chi connectivity index (χ1) is 15.5. The second-order valence-electron chi connectivity index (χ2n) is 7.60. The van der Waals surface area contributed by atoms with Gasteiger partial charge in [0.25, 0.3) is 0 Å². The SMILES string of the molecule is COc1cc(OC)cc(N2CCN(C(=O)N(C)c3cc4ccccc4nc3OC)CC2)c1. The summed E-state index contributed by atoms with van der Waals surface area (Å²) in [5.41, 5.74) is 2.49. The third-order valence-electron chi connectivity index (χ3n) is 5.76. The summed E-state index contributed by atoms with van der Waals surface area (Å²) in [6, 6.07) is 15.5. The molecule has 1 aliphatic heterocycles. The number of methoxy groups -OCH3 is 3. The number of piperazine rings is 1. The molecule has 168 valence electrons. The van der Waals surface area contributed by atoms with Gasteiger partial charge in [-0.2, -0.15) is 0 Å². The quantitative estimate of drug-likeness (QED) is 0.608. The Hall–Kier alpha value is -3.68. The summed E-state index contributed by atoms with van der Waals surface area (Å²) in [6.45, 7) is 2.63. The van der Waals surface area contributed by atoms with Gasteiger partial charge in [0.05, 0.1) is 26.8 Å². The molecule has 0 saturated carbocycles. The molecule has 0 bridgehead atoms. The van der Waals surface area contributed by atoms with Gasteiger partial charge in [-0.1, -0.05) is 18.2 Å². The second kappa shape index (κ2) is 9.21. The van der Waals surface area contributed by atoms with Crippen molar-refractivity contribution in [2.24, 2.45) is 0 Å². The average molecular weight is 437 g/mol. The molecule has 2 aromatic carbocycles. The maximum absolute atomic E-state index is 13.3. The fourth-order valence-electron chi connectivity index (χ4n) is 3.92. The predicted octanol–water partition coefficient (Wildman–Crippen LogP) is 3.64. The number of ether oxygens (including phenoxy) is 3. The maximum atomic E-state index is 13.3. The highest BCUT2D eigenvalue weighted by atomic mass is 16.5. The Morgan fingerprint density at radius 3 is 2.19 bits per heavy atom. The number of amides is 2. The van der Waals surface area contributed by atoms with Gasteiger partial charge in [0.2, 0.25) is 5.88 Å². The van der Waals surface area contributed by atoms with Crippen LogP contribution < -0.4 is 24.0 Å². The summed E-state index contributed by atoms with van der Waals surface area (Å²) in [5, 5.41) is 0.958. The first-order valence-corrected chi connectivity index (χ1v) is 10.5. The van der Waals surface area contributed by atoms with Gasteiger partial charge < -0.3 is 24.0 Å². The lowest BCUT2D eigenvalue weighted by atomic mass is 10.2. The van der Waals surface area contributed by atoms with E-state index in [4.69, 9.17) is 14.2 Å². The fourth-order valence-corrected chi connectivity index (χ4v) is 3.92. The zero-order chi connectivity index (χ0) is 22.7. The zero-order valence-electron chi connectivity index (χ0n) is 18.9. The number of rotatable bonds is 5. The number of benzene rings is 2. The number of anilines is 2. The van der Waals surface area contributed by atoms with Crippen molar-refractivity contribution in [1.82, 2.24) is 9.88 Å². The van der Waals surface area contributed by atoms with Gasteiger partial charge in [-0.05, 0) is 12.1 Å². The number of carbonyl (C=O) groups is 1. The molecule has 2 amide bonds. The van der Waals surface area contributed by atoms with Gasteiger partial charge in [-0.3, -0.25) is 4.90 Å². The van der Waals surface area contributed by atoms with Crippen LogP contribution >= 0.6 is 0 Å². The molecular formula is C24H28N4O4. The number of fused-ring (bicyclic) bond motifs is 1. The van der Waals surface area contributed by atoms with Crippen LogP contribution in [0, 0.1) is 0 Å². The highest BCUT2D eigenvalue weighted by Crippen LogP contribution is 2.31. The number of pyridine rings is 1. The van der Waals surface area contributed by atoms with Crippen LogP contribution in [0.2, 0.25) is 0 Å². The first kappa shape index (κ1) is 21.5. The van der Waals surface area contributed by atoms with Crippen molar-refractivity contribution in [2.75, 3.05) is 64.4 Å². The van der Waals surface area contributed by atoms with Crippen molar-refractivity contribution in [3.8, 4) is 17.4 Å². The van der Waals surface area contributed by atoms with Crippen molar-refractivity contribution in [1.29, 1.82) is 0 Å². The Kier molecular flexibility index (Phi) is 6.20. The van der Waals surface area contributed by atoms with Crippen LogP contribution in [0.5, 0.6) is 17.4 Å². The Bertz CT molecular complexity index is 1090. The van der Waals surface area contributed by atoms with E-state index >= 15 is 0 Å². The molecule has 8 nitrogen and oxygen atoms in total. The Balaban J connectivity index is 1.48. The number of hydrogen-bond acceptors (Lipinski definition) is 6. The molecule has 0 N–H and O–H groups in total. The summed E-state index contributed by atoms with van der Waals surface area (Å²) in [4.78, 5) is 23.5. The zero-order valence-corrected chi connectivity index (χ0v) is 18.9. The standard InChI is InChI=1S/C24H28N4O4/c1-26(22-13-17-7-5-6-8-21(17)25-23(22)32-4)24(29)28-11-9-27(10-12-28)18-14-19(30-2)16-20(15-18)31-3/h5-8,13-16H,9-12H2,1-4H3. The molecule has 0 spiro atoms. The second-order valence-corrected chi connectivity index (χ2v) is 7.60. The summed E-state index contributed by atoms with van der Waals surface area (Å²) < 4.78 is 16.2. The van der Waals surface area contributed by atoms with E-state index in [9.17, 15) is 4.79 Å². The van der Waals surface area contributed by atoms with Crippen molar-refractivity contribution in [3.63, 3.8) is 0 Å². The molecule has 0 atom stereocenters. The smallest absolute Gasteiger partial charge is 0.324 e. The van der Waals surface area contributed by atoms with Crippen LogP contribution in [0.15, 0.2) is 48.5 Å². The summed E-state index contributed by atoms with van der Waals surface area (Å²) in [6.07, 6.45) is 0. The number of urea groups is 1. The minimum Gasteiger partial charge on any atom is -0.497 e. The molecule has 1 saturated heterocycles. The van der Waals surface area contributed by atoms with E-state index in [2.05, 4.69) is 9.88 Å². The van der Waals surface area contributed by atoms with Crippen LogP contribution in [0.1, 0.15) is 0 Å². The van der Waals surface area contributed by atoms with E-state index in [1.54, 1.807) is 33.3 Å². The molecule has 8 heteroatoms. The minimum atomic E-state index is -0.0803. The van der Waals surface area contributed by atoms with E-state index in [0.29, 0.717) is 37.7 Å². The van der Waals surface area contributed by atoms with E-state index in [-0.39, 0.29) is 6.03 Å². The molecule has 1 aromatic heterocycles. The lowest BCUT2D eigenvalue weighted by molar-refractivity contribution is 0.202. The molecule has 0 unspecified atom stereocenters. The highest BCUT2D eigenvalue weighted by Gasteiger charge is 2.27. The van der Waals surface area contributed by atoms with E-state index < -0.39 is 0 Å². The van der Waals surface area contributed by atoms with Gasteiger partial charge in [-0.15, -0.1) is 0 Å². The first-order valence-electron chi connectivity index (χ1n) is 10.5. The van der Waals surface area contributed by atoms with Gasteiger partial charge in [0.1, 0.15) is 17.2 Å². The molecule has 4 rings (SSSR count). The molecule has 1 aliphatic rings. The van der Waals surface area contributed by atoms with Crippen molar-refractivity contribution in [3.05, 3.63) is 48.5 Å². The lowest BCUT2D eigenvalue weighted by Gasteiger charge is -2.38. The third-order valence-corrected chi connectivity index (χ3v) is 5.76. The molecular weight excluding hydrogens is 408 g/mol. The summed E-state index contributed by atoms with van der Waals surface area (Å²) >= 11 is 0. The highest BCUT2D eigenvalue weighted by molar-refractivity contribution is 5.96. The normalized spacial score (nSPS) is 13.8. The Morgan fingerprint density at radius 1 is 0.906 bits per heavy atom. The molecule has 32 heavy (non-hydrogen) atoms. The minimum absolute atomic E-state index is 0.0803. The van der Waals surface area contributed by atoms with Gasteiger partial charge in [-0.25, -0.2) is 9.78 Å². The predicted molar refractivity (Wildman–Crippen MR) is 125 cm³/mol. The molecule has 0 aliphatic carbocycles. The number of para-hydroxylation sites is 1. The van der Waals surface area contributed by atoms with Crippen LogP contribution in [-0.2, 0) is 0 Å². The van der Waals surface area contributed by atoms with Crippen LogP contribution in [0.3, 0.4) is 0 Å². The van der Waals surface area contributed by atoms with E-state index in [1.807, 2.05) is 53.4 Å². The topological polar surface area (TPSA) is 67.4 Å². The molecule has 3 aromatic rings. The molecule has 2 heterocycles. The van der Waals surface area contributed by atoms with Crippen molar-refractivity contribution < 1.29 is 19.0 Å². The maximum Gasteiger partial charge on any atom is 0.324 e. The van der Waals surface area contributed by atoms with Crippen LogP contribution in [-0.4, -0.2) is 70.5 Å². The van der Waals surface area contributed by atoms with E-state index in [1.165, 1.54) is 0 Å². The van der Waals surface area contributed by atoms with Crippen molar-refractivity contribution in [2.45, 2.75) is 0 Å². The monoisotopic (exact) mass is 436 g/mol. The Morgan fingerprint density at radius 2 is 1.56 bits per heavy atom. The number of aromatic nitrogens is 1. The summed E-state index contributed by atoms with van der Waals surface area (Å²) in [5.74, 6) is 1.92. The number of carbonyl (C=O) groups excluding carboxylic acids is 1. The van der Waals surface area contributed by atoms with E-state index in [0.717, 1.165) is 28.1 Å². The van der Waals surface area contributed by atoms with Gasteiger partial charge >= 0.3 is 6.03 Å². The third kappa shape index (κ3) is 4.21. The Labute approximate surface area is 187 Å². The van der Waals surface area contributed by atoms with Gasteiger partial charge in [0, 0.05) is 62.5 Å². The lowest BCUT2D eigenvalue weighted by Crippen LogP contribution is -2.52. The molecule has 0 radical (unpaired) electrons. The van der Waals surface area contributed by atoms with Crippen LogP contribution in [0.25, 0.3) is 10.9 Å². The molecule has 1 fully saturated rings.